The van der Waals surface area contributed by atoms with Crippen molar-refractivity contribution < 1.29 is 24.0 Å². The fraction of sp³-hybridized carbons (Fsp3) is 0.318. The second-order valence-electron chi connectivity index (χ2n) is 6.91. The van der Waals surface area contributed by atoms with E-state index >= 15 is 0 Å². The smallest absolute Gasteiger partial charge is 0.279 e. The van der Waals surface area contributed by atoms with Gasteiger partial charge in [-0.15, -0.1) is 0 Å². The molecule has 0 bridgehead atoms. The molecule has 160 valence electrons. The highest BCUT2D eigenvalue weighted by molar-refractivity contribution is 5.94. The van der Waals surface area contributed by atoms with Gasteiger partial charge in [-0.25, -0.2) is 0 Å². The number of ether oxygens (including phenoxy) is 1. The highest BCUT2D eigenvalue weighted by Crippen LogP contribution is 2.22. The summed E-state index contributed by atoms with van der Waals surface area (Å²) >= 11 is 0. The Hall–Kier alpha value is -3.39. The zero-order chi connectivity index (χ0) is 21.9. The van der Waals surface area contributed by atoms with Crippen molar-refractivity contribution >= 4 is 34.8 Å². The summed E-state index contributed by atoms with van der Waals surface area (Å²) in [5.41, 5.74) is 1.89. The Morgan fingerprint density at radius 3 is 2.00 bits per heavy atom. The molecular formula is C22H29N4O4+. The molecule has 1 unspecified atom stereocenters. The Bertz CT molecular complexity index is 868. The molecular weight excluding hydrogens is 384 g/mol. The minimum atomic E-state index is -0.185. The van der Waals surface area contributed by atoms with Crippen molar-refractivity contribution in [3.05, 3.63) is 48.5 Å². The van der Waals surface area contributed by atoms with E-state index in [1.165, 1.54) is 6.92 Å². The van der Waals surface area contributed by atoms with Crippen LogP contribution >= 0.6 is 0 Å². The molecule has 8 nitrogen and oxygen atoms in total. The largest absolute Gasteiger partial charge is 0.495 e. The van der Waals surface area contributed by atoms with Gasteiger partial charge in [-0.05, 0) is 42.8 Å². The van der Waals surface area contributed by atoms with E-state index in [9.17, 15) is 14.4 Å². The number of benzene rings is 2. The number of para-hydroxylation sites is 2. The second kappa shape index (κ2) is 11.6. The Balaban J connectivity index is 1.91. The van der Waals surface area contributed by atoms with Crippen molar-refractivity contribution in [2.24, 2.45) is 0 Å². The van der Waals surface area contributed by atoms with Gasteiger partial charge in [0.15, 0.2) is 13.1 Å². The predicted molar refractivity (Wildman–Crippen MR) is 117 cm³/mol. The maximum atomic E-state index is 12.5. The van der Waals surface area contributed by atoms with Crippen LogP contribution in [0.15, 0.2) is 48.5 Å². The van der Waals surface area contributed by atoms with E-state index < -0.39 is 0 Å². The predicted octanol–water partition coefficient (Wildman–Crippen LogP) is 1.53. The summed E-state index contributed by atoms with van der Waals surface area (Å²) < 4.78 is 5.25. The minimum absolute atomic E-state index is 0.156. The third-order valence-corrected chi connectivity index (χ3v) is 4.29. The summed E-state index contributed by atoms with van der Waals surface area (Å²) in [5.74, 6) is 0.0616. The van der Waals surface area contributed by atoms with Gasteiger partial charge in [-0.2, -0.15) is 0 Å². The van der Waals surface area contributed by atoms with Crippen molar-refractivity contribution in [2.45, 2.75) is 20.3 Å². The molecule has 0 heterocycles. The SMILES string of the molecule is CCC[NH+](CC(=O)Nc1ccc(NC(C)=O)cc1)CC(=O)Nc1ccccc1OC. The Morgan fingerprint density at radius 2 is 1.43 bits per heavy atom. The molecule has 0 aliphatic rings. The molecule has 0 aromatic heterocycles. The van der Waals surface area contributed by atoms with Crippen LogP contribution < -0.4 is 25.6 Å². The van der Waals surface area contributed by atoms with E-state index in [0.29, 0.717) is 29.4 Å². The van der Waals surface area contributed by atoms with Crippen LogP contribution in [-0.4, -0.2) is 44.5 Å². The van der Waals surface area contributed by atoms with Crippen LogP contribution in [0.4, 0.5) is 17.1 Å². The van der Waals surface area contributed by atoms with Gasteiger partial charge >= 0.3 is 0 Å². The summed E-state index contributed by atoms with van der Waals surface area (Å²) in [6.07, 6.45) is 0.843. The number of amides is 3. The fourth-order valence-electron chi connectivity index (χ4n) is 3.03. The van der Waals surface area contributed by atoms with Gasteiger partial charge in [0.1, 0.15) is 5.75 Å². The third-order valence-electron chi connectivity index (χ3n) is 4.29. The van der Waals surface area contributed by atoms with Gasteiger partial charge in [0.25, 0.3) is 11.8 Å². The number of carbonyl (C=O) groups excluding carboxylic acids is 3. The molecule has 30 heavy (non-hydrogen) atoms. The lowest BCUT2D eigenvalue weighted by atomic mass is 10.2. The van der Waals surface area contributed by atoms with E-state index in [0.717, 1.165) is 11.3 Å². The number of hydrogen-bond acceptors (Lipinski definition) is 4. The number of anilines is 3. The lowest BCUT2D eigenvalue weighted by Gasteiger charge is -2.18. The van der Waals surface area contributed by atoms with E-state index in [1.807, 2.05) is 19.1 Å². The lowest BCUT2D eigenvalue weighted by Crippen LogP contribution is -3.14. The molecule has 3 amide bonds. The van der Waals surface area contributed by atoms with Crippen molar-refractivity contribution in [1.82, 2.24) is 0 Å². The van der Waals surface area contributed by atoms with Gasteiger partial charge in [-0.3, -0.25) is 14.4 Å². The molecule has 0 radical (unpaired) electrons. The Labute approximate surface area is 176 Å². The first-order chi connectivity index (χ1) is 14.4. The zero-order valence-electron chi connectivity index (χ0n) is 17.6. The van der Waals surface area contributed by atoms with Crippen LogP contribution in [0.1, 0.15) is 20.3 Å². The lowest BCUT2D eigenvalue weighted by molar-refractivity contribution is -0.883. The molecule has 1 atom stereocenters. The molecule has 2 aromatic carbocycles. The number of carbonyl (C=O) groups is 3. The maximum absolute atomic E-state index is 12.5. The maximum Gasteiger partial charge on any atom is 0.279 e. The number of rotatable bonds is 10. The van der Waals surface area contributed by atoms with Gasteiger partial charge in [0, 0.05) is 18.3 Å². The van der Waals surface area contributed by atoms with Crippen LogP contribution in [0.3, 0.4) is 0 Å². The third kappa shape index (κ3) is 7.56. The summed E-state index contributed by atoms with van der Waals surface area (Å²) in [5, 5.41) is 8.35. The molecule has 0 aliphatic heterocycles. The van der Waals surface area contributed by atoms with Crippen molar-refractivity contribution in [3.8, 4) is 5.75 Å². The molecule has 0 saturated heterocycles. The number of methoxy groups -OCH3 is 1. The van der Waals surface area contributed by atoms with Crippen LogP contribution in [-0.2, 0) is 14.4 Å². The second-order valence-corrected chi connectivity index (χ2v) is 6.91. The molecule has 0 aliphatic carbocycles. The monoisotopic (exact) mass is 413 g/mol. The van der Waals surface area contributed by atoms with Crippen LogP contribution in [0, 0.1) is 0 Å². The number of nitrogens with one attached hydrogen (secondary N) is 4. The van der Waals surface area contributed by atoms with Gasteiger partial charge < -0.3 is 25.6 Å². The highest BCUT2D eigenvalue weighted by atomic mass is 16.5. The zero-order valence-corrected chi connectivity index (χ0v) is 17.6. The number of hydrogen-bond donors (Lipinski definition) is 4. The van der Waals surface area contributed by atoms with Crippen molar-refractivity contribution in [2.75, 3.05) is 42.7 Å². The number of quaternary nitrogens is 1. The van der Waals surface area contributed by atoms with E-state index in [-0.39, 0.29) is 30.8 Å². The summed E-state index contributed by atoms with van der Waals surface area (Å²) in [7, 11) is 1.55. The van der Waals surface area contributed by atoms with Crippen LogP contribution in [0.5, 0.6) is 5.75 Å². The average Bonchev–Trinajstić information content (AvgIpc) is 2.69. The first-order valence-corrected chi connectivity index (χ1v) is 9.85. The van der Waals surface area contributed by atoms with Crippen LogP contribution in [0.25, 0.3) is 0 Å². The topological polar surface area (TPSA) is 101 Å². The Morgan fingerprint density at radius 1 is 0.867 bits per heavy atom. The van der Waals surface area contributed by atoms with E-state index in [4.69, 9.17) is 4.74 Å². The normalized spacial score (nSPS) is 11.3. The van der Waals surface area contributed by atoms with Gasteiger partial charge in [0.2, 0.25) is 5.91 Å². The van der Waals surface area contributed by atoms with Crippen LogP contribution in [0.2, 0.25) is 0 Å². The summed E-state index contributed by atoms with van der Waals surface area (Å²) in [6.45, 7) is 4.47. The quantitative estimate of drug-likeness (QED) is 0.474. The molecule has 0 spiro atoms. The van der Waals surface area contributed by atoms with E-state index in [1.54, 1.807) is 43.5 Å². The van der Waals surface area contributed by atoms with Gasteiger partial charge in [0.05, 0.1) is 19.3 Å². The average molecular weight is 413 g/mol. The summed E-state index contributed by atoms with van der Waals surface area (Å²) in [6, 6.07) is 14.1. The molecule has 8 heteroatoms. The fourth-order valence-corrected chi connectivity index (χ4v) is 3.03. The van der Waals surface area contributed by atoms with Crippen molar-refractivity contribution in [3.63, 3.8) is 0 Å². The molecule has 4 N–H and O–H groups in total. The first kappa shape index (κ1) is 22.9. The first-order valence-electron chi connectivity index (χ1n) is 9.85. The standard InChI is InChI=1S/C22H28N4O4/c1-4-13-26(15-22(29)25-19-7-5-6-8-20(19)30-3)14-21(28)24-18-11-9-17(10-12-18)23-16(2)27/h5-12H,4,13-15H2,1-3H3,(H,23,27)(H,24,28)(H,25,29)/p+1. The summed E-state index contributed by atoms with van der Waals surface area (Å²) in [4.78, 5) is 36.9. The van der Waals surface area contributed by atoms with E-state index in [2.05, 4.69) is 16.0 Å². The Kier molecular flexibility index (Phi) is 8.83. The molecule has 0 fully saturated rings. The van der Waals surface area contributed by atoms with Gasteiger partial charge in [-0.1, -0.05) is 19.1 Å². The molecule has 2 aromatic rings. The minimum Gasteiger partial charge on any atom is -0.495 e. The highest BCUT2D eigenvalue weighted by Gasteiger charge is 2.18. The molecule has 0 saturated carbocycles. The van der Waals surface area contributed by atoms with Crippen molar-refractivity contribution in [1.29, 1.82) is 0 Å². The molecule has 2 rings (SSSR count).